The van der Waals surface area contributed by atoms with Crippen molar-refractivity contribution in [2.75, 3.05) is 18.9 Å². The molecule has 122 valence electrons. The molecule has 0 bridgehead atoms. The molecule has 2 rings (SSSR count). The largest absolute Gasteiger partial charge is 0.480 e. The van der Waals surface area contributed by atoms with E-state index in [0.717, 1.165) is 5.56 Å². The van der Waals surface area contributed by atoms with Gasteiger partial charge in [-0.2, -0.15) is 0 Å². The third-order valence-electron chi connectivity index (χ3n) is 3.18. The third kappa shape index (κ3) is 4.33. The average molecular weight is 336 g/mol. The van der Waals surface area contributed by atoms with Crippen LogP contribution < -0.4 is 5.32 Å². The average Bonchev–Trinajstić information content (AvgIpc) is 2.55. The Bertz CT molecular complexity index is 632. The summed E-state index contributed by atoms with van der Waals surface area (Å²) in [5, 5.41) is 21.8. The molecule has 8 heteroatoms. The van der Waals surface area contributed by atoms with Gasteiger partial charge in [-0.25, -0.2) is 4.79 Å². The Labute approximate surface area is 137 Å². The molecule has 0 spiro atoms. The zero-order valence-electron chi connectivity index (χ0n) is 12.1. The molecule has 1 aromatic rings. The quantitative estimate of drug-likeness (QED) is 0.681. The van der Waals surface area contributed by atoms with Crippen LogP contribution in [0.2, 0.25) is 0 Å². The summed E-state index contributed by atoms with van der Waals surface area (Å²) < 4.78 is 0. The van der Waals surface area contributed by atoms with Crippen molar-refractivity contribution in [1.82, 2.24) is 10.2 Å². The number of hydrogen-bond donors (Lipinski definition) is 3. The van der Waals surface area contributed by atoms with Crippen LogP contribution in [0.1, 0.15) is 5.56 Å². The minimum Gasteiger partial charge on any atom is -0.480 e. The first-order valence-electron chi connectivity index (χ1n) is 6.83. The monoisotopic (exact) mass is 336 g/mol. The molecular weight excluding hydrogens is 320 g/mol. The van der Waals surface area contributed by atoms with E-state index in [1.54, 1.807) is 5.41 Å². The molecule has 3 N–H and O–H groups in total. The van der Waals surface area contributed by atoms with E-state index in [4.69, 9.17) is 10.2 Å². The second-order valence-corrected chi connectivity index (χ2v) is 5.66. The van der Waals surface area contributed by atoms with Crippen molar-refractivity contribution in [1.29, 1.82) is 0 Å². The van der Waals surface area contributed by atoms with Gasteiger partial charge in [0, 0.05) is 0 Å². The summed E-state index contributed by atoms with van der Waals surface area (Å²) in [4.78, 5) is 36.3. The van der Waals surface area contributed by atoms with E-state index < -0.39 is 24.5 Å². The van der Waals surface area contributed by atoms with Gasteiger partial charge in [0.1, 0.15) is 12.6 Å². The Morgan fingerprint density at radius 3 is 2.61 bits per heavy atom. The van der Waals surface area contributed by atoms with E-state index in [1.807, 2.05) is 30.3 Å². The summed E-state index contributed by atoms with van der Waals surface area (Å²) in [6.07, 6.45) is 0. The second kappa shape index (κ2) is 7.80. The Morgan fingerprint density at radius 2 is 2.00 bits per heavy atom. The first-order valence-corrected chi connectivity index (χ1v) is 7.88. The highest BCUT2D eigenvalue weighted by Gasteiger charge is 2.27. The van der Waals surface area contributed by atoms with Crippen molar-refractivity contribution in [2.45, 2.75) is 6.04 Å². The number of thioether (sulfide) groups is 1. The molecule has 0 saturated heterocycles. The van der Waals surface area contributed by atoms with E-state index in [1.165, 1.54) is 16.7 Å². The normalized spacial score (nSPS) is 15.8. The van der Waals surface area contributed by atoms with Gasteiger partial charge in [0.05, 0.1) is 18.1 Å². The number of nitrogens with zero attached hydrogens (tertiary/aromatic N) is 1. The van der Waals surface area contributed by atoms with Crippen molar-refractivity contribution in [3.8, 4) is 0 Å². The van der Waals surface area contributed by atoms with Crippen LogP contribution in [-0.4, -0.2) is 57.8 Å². The Balaban J connectivity index is 2.13. The lowest BCUT2D eigenvalue weighted by atomic mass is 10.1. The lowest BCUT2D eigenvalue weighted by molar-refractivity contribution is -0.143. The first kappa shape index (κ1) is 17.0. The standard InChI is InChI=1S/C15H16N2O5S/c18-7-11(15(21)22)16-13(19)6-17-12(8-23-9-14(17)20)10-4-2-1-3-5-10/h1-5,8,11,18H,6-7,9H2,(H,16,19)(H,21,22). The predicted molar refractivity (Wildman–Crippen MR) is 85.2 cm³/mol. The van der Waals surface area contributed by atoms with Gasteiger partial charge in [-0.1, -0.05) is 30.3 Å². The Morgan fingerprint density at radius 1 is 1.30 bits per heavy atom. The second-order valence-electron chi connectivity index (χ2n) is 4.80. The molecule has 1 aliphatic heterocycles. The van der Waals surface area contributed by atoms with Crippen molar-refractivity contribution in [3.63, 3.8) is 0 Å². The molecule has 2 amide bonds. The SMILES string of the molecule is O=C(CN1C(=O)CSC=C1c1ccccc1)NC(CO)C(=O)O. The zero-order chi connectivity index (χ0) is 16.8. The first-order chi connectivity index (χ1) is 11.0. The zero-order valence-corrected chi connectivity index (χ0v) is 13.0. The van der Waals surface area contributed by atoms with Crippen LogP contribution in [0.3, 0.4) is 0 Å². The van der Waals surface area contributed by atoms with Crippen LogP contribution in [0.5, 0.6) is 0 Å². The van der Waals surface area contributed by atoms with Crippen LogP contribution in [0.15, 0.2) is 35.7 Å². The molecule has 7 nitrogen and oxygen atoms in total. The minimum atomic E-state index is -1.39. The number of aliphatic carboxylic acids is 1. The number of carboxylic acid groups (broad SMARTS) is 1. The number of benzene rings is 1. The fraction of sp³-hybridized carbons (Fsp3) is 0.267. The number of nitrogens with one attached hydrogen (secondary N) is 1. The number of carbonyl (C=O) groups excluding carboxylic acids is 2. The lowest BCUT2D eigenvalue weighted by Gasteiger charge is -2.28. The molecule has 0 aromatic heterocycles. The van der Waals surface area contributed by atoms with Crippen LogP contribution in [0, 0.1) is 0 Å². The fourth-order valence-corrected chi connectivity index (χ4v) is 2.85. The topological polar surface area (TPSA) is 107 Å². The Hall–Kier alpha value is -2.32. The maximum atomic E-state index is 12.1. The van der Waals surface area contributed by atoms with Crippen molar-refractivity contribution < 1.29 is 24.6 Å². The molecule has 1 aliphatic rings. The van der Waals surface area contributed by atoms with Gasteiger partial charge in [-0.15, -0.1) is 11.8 Å². The van der Waals surface area contributed by atoms with Gasteiger partial charge in [-0.3, -0.25) is 9.59 Å². The number of rotatable bonds is 6. The molecule has 1 atom stereocenters. The number of amides is 2. The van der Waals surface area contributed by atoms with Gasteiger partial charge in [-0.05, 0) is 11.0 Å². The van der Waals surface area contributed by atoms with Gasteiger partial charge in [0.15, 0.2) is 0 Å². The number of carbonyl (C=O) groups is 3. The number of carboxylic acids is 1. The van der Waals surface area contributed by atoms with Gasteiger partial charge in [0.2, 0.25) is 11.8 Å². The van der Waals surface area contributed by atoms with Gasteiger partial charge < -0.3 is 20.4 Å². The summed E-state index contributed by atoms with van der Waals surface area (Å²) in [5.41, 5.74) is 1.38. The molecule has 0 aliphatic carbocycles. The summed E-state index contributed by atoms with van der Waals surface area (Å²) in [7, 11) is 0. The van der Waals surface area contributed by atoms with E-state index in [-0.39, 0.29) is 18.2 Å². The molecule has 1 aromatic carbocycles. The molecule has 1 heterocycles. The minimum absolute atomic E-state index is 0.214. The number of aliphatic hydroxyl groups excluding tert-OH is 1. The number of aliphatic hydroxyl groups is 1. The molecule has 1 unspecified atom stereocenters. The predicted octanol–water partition coefficient (Wildman–Crippen LogP) is 0.122. The van der Waals surface area contributed by atoms with Crippen LogP contribution in [0.25, 0.3) is 5.70 Å². The van der Waals surface area contributed by atoms with Crippen LogP contribution in [-0.2, 0) is 14.4 Å². The highest BCUT2D eigenvalue weighted by Crippen LogP contribution is 2.27. The maximum Gasteiger partial charge on any atom is 0.328 e. The van der Waals surface area contributed by atoms with Crippen molar-refractivity contribution in [2.24, 2.45) is 0 Å². The smallest absolute Gasteiger partial charge is 0.328 e. The summed E-state index contributed by atoms with van der Waals surface area (Å²) in [6.45, 7) is -1.02. The summed E-state index contributed by atoms with van der Waals surface area (Å²) >= 11 is 1.34. The van der Waals surface area contributed by atoms with E-state index in [2.05, 4.69) is 5.32 Å². The van der Waals surface area contributed by atoms with Crippen molar-refractivity contribution in [3.05, 3.63) is 41.3 Å². The summed E-state index contributed by atoms with van der Waals surface area (Å²) in [5.74, 6) is -2.00. The van der Waals surface area contributed by atoms with Crippen molar-refractivity contribution >= 4 is 35.2 Å². The molecule has 23 heavy (non-hydrogen) atoms. The highest BCUT2D eigenvalue weighted by molar-refractivity contribution is 8.03. The fourth-order valence-electron chi connectivity index (χ4n) is 2.04. The Kier molecular flexibility index (Phi) is 5.78. The third-order valence-corrected chi connectivity index (χ3v) is 3.98. The molecule has 0 fully saturated rings. The van der Waals surface area contributed by atoms with Gasteiger partial charge >= 0.3 is 5.97 Å². The molecule has 0 saturated carbocycles. The number of hydrogen-bond acceptors (Lipinski definition) is 5. The van der Waals surface area contributed by atoms with E-state index >= 15 is 0 Å². The van der Waals surface area contributed by atoms with Crippen LogP contribution in [0.4, 0.5) is 0 Å². The lowest BCUT2D eigenvalue weighted by Crippen LogP contribution is -2.48. The van der Waals surface area contributed by atoms with E-state index in [9.17, 15) is 14.4 Å². The molecular formula is C15H16N2O5S. The maximum absolute atomic E-state index is 12.1. The van der Waals surface area contributed by atoms with Gasteiger partial charge in [0.25, 0.3) is 0 Å². The highest BCUT2D eigenvalue weighted by atomic mass is 32.2. The van der Waals surface area contributed by atoms with Crippen LogP contribution >= 0.6 is 11.8 Å². The molecule has 0 radical (unpaired) electrons. The van der Waals surface area contributed by atoms with E-state index in [0.29, 0.717) is 5.70 Å². The summed E-state index contributed by atoms with van der Waals surface area (Å²) in [6, 6.07) is 7.75.